The quantitative estimate of drug-likeness (QED) is 0.429. The number of benzene rings is 2. The van der Waals surface area contributed by atoms with Crippen molar-refractivity contribution >= 4 is 18.0 Å². The lowest BCUT2D eigenvalue weighted by Crippen LogP contribution is -2.44. The molecule has 2 atom stereocenters. The highest BCUT2D eigenvalue weighted by Crippen LogP contribution is 2.44. The van der Waals surface area contributed by atoms with Gasteiger partial charge in [-0.05, 0) is 60.8 Å². The maximum absolute atomic E-state index is 12.4. The van der Waals surface area contributed by atoms with E-state index in [1.165, 1.54) is 22.3 Å². The third-order valence-electron chi connectivity index (χ3n) is 7.21. The van der Waals surface area contributed by atoms with Crippen molar-refractivity contribution < 1.29 is 24.2 Å². The molecule has 0 bridgehead atoms. The first-order valence-electron chi connectivity index (χ1n) is 12.5. The molecule has 2 aliphatic rings. The predicted octanol–water partition coefficient (Wildman–Crippen LogP) is 4.84. The molecule has 2 aliphatic carbocycles. The second-order valence-corrected chi connectivity index (χ2v) is 9.73. The molecule has 3 N–H and O–H groups in total. The minimum Gasteiger partial charge on any atom is -0.481 e. The zero-order chi connectivity index (χ0) is 24.8. The number of hydrogen-bond acceptors (Lipinski definition) is 4. The molecule has 0 heterocycles. The molecule has 0 radical (unpaired) electrons. The lowest BCUT2D eigenvalue weighted by atomic mass is 9.78. The second kappa shape index (κ2) is 11.4. The van der Waals surface area contributed by atoms with E-state index in [0.29, 0.717) is 19.3 Å². The first-order valence-corrected chi connectivity index (χ1v) is 12.5. The number of amides is 2. The number of carbonyl (C=O) groups is 3. The summed E-state index contributed by atoms with van der Waals surface area (Å²) in [6.45, 7) is 2.15. The van der Waals surface area contributed by atoms with E-state index < -0.39 is 12.1 Å². The van der Waals surface area contributed by atoms with Crippen LogP contribution in [0.4, 0.5) is 4.79 Å². The number of hydrogen-bond donors (Lipinski definition) is 3. The van der Waals surface area contributed by atoms with Crippen molar-refractivity contribution in [2.45, 2.75) is 69.9 Å². The molecule has 2 aromatic rings. The zero-order valence-electron chi connectivity index (χ0n) is 20.2. The number of aliphatic carboxylic acids is 1. The van der Waals surface area contributed by atoms with Crippen molar-refractivity contribution in [3.8, 4) is 11.1 Å². The molecule has 1 fully saturated rings. The van der Waals surface area contributed by atoms with Crippen LogP contribution in [0.2, 0.25) is 0 Å². The number of alkyl carbamates (subject to hydrolysis) is 1. The molecule has 0 aromatic heterocycles. The van der Waals surface area contributed by atoms with E-state index in [2.05, 4.69) is 34.9 Å². The summed E-state index contributed by atoms with van der Waals surface area (Å²) in [5, 5.41) is 14.9. The van der Waals surface area contributed by atoms with Crippen LogP contribution < -0.4 is 10.6 Å². The fraction of sp³-hybridized carbons (Fsp3) is 0.464. The fourth-order valence-electron chi connectivity index (χ4n) is 5.13. The fourth-order valence-corrected chi connectivity index (χ4v) is 5.13. The molecule has 4 rings (SSSR count). The summed E-state index contributed by atoms with van der Waals surface area (Å²) in [6.07, 6.45) is 4.07. The van der Waals surface area contributed by atoms with Crippen LogP contribution in [0, 0.1) is 5.92 Å². The van der Waals surface area contributed by atoms with Crippen LogP contribution in [0.5, 0.6) is 0 Å². The van der Waals surface area contributed by atoms with E-state index in [9.17, 15) is 14.4 Å². The first-order chi connectivity index (χ1) is 16.9. The van der Waals surface area contributed by atoms with E-state index in [4.69, 9.17) is 9.84 Å². The van der Waals surface area contributed by atoms with Crippen LogP contribution in [0.15, 0.2) is 48.5 Å². The maximum Gasteiger partial charge on any atom is 0.407 e. The SMILES string of the molecule is CC(CCCC(=O)NC(CC(=O)O)C1CCC1)NC(=O)OCC1c2ccccc2-c2ccccc21. The van der Waals surface area contributed by atoms with Gasteiger partial charge in [-0.1, -0.05) is 55.0 Å². The summed E-state index contributed by atoms with van der Waals surface area (Å²) < 4.78 is 5.59. The van der Waals surface area contributed by atoms with Gasteiger partial charge >= 0.3 is 12.1 Å². The summed E-state index contributed by atoms with van der Waals surface area (Å²) in [5.41, 5.74) is 4.71. The Kier molecular flexibility index (Phi) is 8.06. The second-order valence-electron chi connectivity index (χ2n) is 9.73. The highest BCUT2D eigenvalue weighted by molar-refractivity contribution is 5.79. The van der Waals surface area contributed by atoms with Gasteiger partial charge in [-0.25, -0.2) is 4.79 Å². The van der Waals surface area contributed by atoms with Crippen molar-refractivity contribution in [3.05, 3.63) is 59.7 Å². The number of carboxylic acid groups (broad SMARTS) is 1. The zero-order valence-corrected chi connectivity index (χ0v) is 20.2. The van der Waals surface area contributed by atoms with Crippen LogP contribution in [0.1, 0.15) is 68.9 Å². The Morgan fingerprint density at radius 3 is 2.20 bits per heavy atom. The Labute approximate surface area is 206 Å². The van der Waals surface area contributed by atoms with Crippen molar-refractivity contribution in [1.82, 2.24) is 10.6 Å². The highest BCUT2D eigenvalue weighted by Gasteiger charge is 2.30. The van der Waals surface area contributed by atoms with Gasteiger partial charge < -0.3 is 20.5 Å². The summed E-state index contributed by atoms with van der Waals surface area (Å²) in [7, 11) is 0. The van der Waals surface area contributed by atoms with Gasteiger partial charge in [0.2, 0.25) is 5.91 Å². The van der Waals surface area contributed by atoms with Crippen LogP contribution in [0.25, 0.3) is 11.1 Å². The number of nitrogens with one attached hydrogen (secondary N) is 2. The van der Waals surface area contributed by atoms with E-state index in [1.807, 2.05) is 31.2 Å². The molecule has 7 heteroatoms. The minimum absolute atomic E-state index is 0.0153. The van der Waals surface area contributed by atoms with Crippen molar-refractivity contribution in [2.24, 2.45) is 5.92 Å². The number of fused-ring (bicyclic) bond motifs is 3. The van der Waals surface area contributed by atoms with Crippen molar-refractivity contribution in [1.29, 1.82) is 0 Å². The van der Waals surface area contributed by atoms with Gasteiger partial charge in [0.1, 0.15) is 6.61 Å². The van der Waals surface area contributed by atoms with Crippen LogP contribution in [0.3, 0.4) is 0 Å². The van der Waals surface area contributed by atoms with E-state index >= 15 is 0 Å². The van der Waals surface area contributed by atoms with E-state index in [0.717, 1.165) is 19.3 Å². The standard InChI is InChI=1S/C28H34N2O5/c1-18(8-6-15-26(31)30-25(16-27(32)33)19-9-7-10-19)29-28(34)35-17-24-22-13-4-2-11-20(22)21-12-3-5-14-23(21)24/h2-5,11-14,18-19,24-25H,6-10,15-17H2,1H3,(H,29,34)(H,30,31)(H,32,33). The summed E-state index contributed by atoms with van der Waals surface area (Å²) in [4.78, 5) is 35.8. The third kappa shape index (κ3) is 6.21. The Balaban J connectivity index is 1.19. The Morgan fingerprint density at radius 2 is 1.63 bits per heavy atom. The topological polar surface area (TPSA) is 105 Å². The van der Waals surface area contributed by atoms with Gasteiger partial charge in [-0.2, -0.15) is 0 Å². The summed E-state index contributed by atoms with van der Waals surface area (Å²) >= 11 is 0. The molecule has 0 spiro atoms. The molecule has 2 aromatic carbocycles. The van der Waals surface area contributed by atoms with Crippen LogP contribution in [-0.4, -0.2) is 41.8 Å². The third-order valence-corrected chi connectivity index (χ3v) is 7.21. The highest BCUT2D eigenvalue weighted by atomic mass is 16.5. The van der Waals surface area contributed by atoms with E-state index in [1.54, 1.807) is 0 Å². The Hall–Kier alpha value is -3.35. The minimum atomic E-state index is -0.886. The first kappa shape index (κ1) is 24.8. The summed E-state index contributed by atoms with van der Waals surface area (Å²) in [6, 6.07) is 16.0. The van der Waals surface area contributed by atoms with Gasteiger partial charge in [0, 0.05) is 24.4 Å². The van der Waals surface area contributed by atoms with Gasteiger partial charge in [0.05, 0.1) is 6.42 Å². The Morgan fingerprint density at radius 1 is 1.00 bits per heavy atom. The predicted molar refractivity (Wildman–Crippen MR) is 133 cm³/mol. The van der Waals surface area contributed by atoms with Crippen LogP contribution >= 0.6 is 0 Å². The smallest absolute Gasteiger partial charge is 0.407 e. The average molecular weight is 479 g/mol. The molecule has 186 valence electrons. The molecule has 2 amide bonds. The number of carboxylic acids is 1. The van der Waals surface area contributed by atoms with Gasteiger partial charge in [-0.3, -0.25) is 9.59 Å². The number of ether oxygens (including phenoxy) is 1. The Bertz CT molecular complexity index is 1020. The molecular weight excluding hydrogens is 444 g/mol. The normalized spacial score (nSPS) is 16.4. The van der Waals surface area contributed by atoms with Crippen molar-refractivity contribution in [3.63, 3.8) is 0 Å². The van der Waals surface area contributed by atoms with Crippen LogP contribution in [-0.2, 0) is 14.3 Å². The monoisotopic (exact) mass is 478 g/mol. The molecular formula is C28H34N2O5. The molecule has 35 heavy (non-hydrogen) atoms. The van der Waals surface area contributed by atoms with Gasteiger partial charge in [0.25, 0.3) is 0 Å². The maximum atomic E-state index is 12.4. The molecule has 0 saturated heterocycles. The lowest BCUT2D eigenvalue weighted by Gasteiger charge is -2.33. The largest absolute Gasteiger partial charge is 0.481 e. The average Bonchev–Trinajstić information content (AvgIpc) is 3.10. The van der Waals surface area contributed by atoms with Crippen molar-refractivity contribution in [2.75, 3.05) is 6.61 Å². The van der Waals surface area contributed by atoms with E-state index in [-0.39, 0.29) is 42.9 Å². The van der Waals surface area contributed by atoms with Gasteiger partial charge in [-0.15, -0.1) is 0 Å². The summed E-state index contributed by atoms with van der Waals surface area (Å²) in [5.74, 6) is -0.731. The lowest BCUT2D eigenvalue weighted by molar-refractivity contribution is -0.138. The molecule has 7 nitrogen and oxygen atoms in total. The van der Waals surface area contributed by atoms with Gasteiger partial charge in [0.15, 0.2) is 0 Å². The number of carbonyl (C=O) groups excluding carboxylic acids is 2. The molecule has 1 saturated carbocycles. The number of rotatable bonds is 11. The molecule has 0 aliphatic heterocycles. The molecule has 2 unspecified atom stereocenters.